The SMILES string of the molecule is CSc1ccccc1NC(=O)CSc1nnc(N)s1. The van der Waals surface area contributed by atoms with E-state index in [2.05, 4.69) is 15.5 Å². The minimum absolute atomic E-state index is 0.0692. The summed E-state index contributed by atoms with van der Waals surface area (Å²) in [4.78, 5) is 12.9. The second-order valence-corrected chi connectivity index (χ2v) is 6.52. The Morgan fingerprint density at radius 2 is 2.21 bits per heavy atom. The molecule has 0 spiro atoms. The van der Waals surface area contributed by atoms with Crippen LogP contribution in [-0.4, -0.2) is 28.1 Å². The number of nitrogens with one attached hydrogen (secondary N) is 1. The number of nitrogens with two attached hydrogens (primary N) is 1. The molecule has 0 aliphatic heterocycles. The number of carbonyl (C=O) groups is 1. The van der Waals surface area contributed by atoms with Gasteiger partial charge in [-0.05, 0) is 18.4 Å². The Kier molecular flexibility index (Phi) is 5.06. The Morgan fingerprint density at radius 3 is 2.89 bits per heavy atom. The molecule has 0 saturated carbocycles. The Balaban J connectivity index is 1.90. The Labute approximate surface area is 123 Å². The summed E-state index contributed by atoms with van der Waals surface area (Å²) >= 11 is 4.20. The van der Waals surface area contributed by atoms with E-state index in [-0.39, 0.29) is 11.7 Å². The highest BCUT2D eigenvalue weighted by Crippen LogP contribution is 2.26. The minimum Gasteiger partial charge on any atom is -0.374 e. The first-order valence-electron chi connectivity index (χ1n) is 5.33. The number of amides is 1. The standard InChI is InChI=1S/C11H12N4OS3/c1-17-8-5-3-2-4-7(8)13-9(16)6-18-11-15-14-10(12)19-11/h2-5H,6H2,1H3,(H2,12,14)(H,13,16). The minimum atomic E-state index is -0.0692. The van der Waals surface area contributed by atoms with Gasteiger partial charge in [0.2, 0.25) is 11.0 Å². The van der Waals surface area contributed by atoms with Gasteiger partial charge in [-0.1, -0.05) is 35.2 Å². The number of anilines is 2. The molecular formula is C11H12N4OS3. The molecule has 0 unspecified atom stereocenters. The van der Waals surface area contributed by atoms with Crippen molar-refractivity contribution in [3.63, 3.8) is 0 Å². The molecule has 0 bridgehead atoms. The lowest BCUT2D eigenvalue weighted by atomic mass is 10.3. The number of nitrogen functional groups attached to an aromatic ring is 1. The van der Waals surface area contributed by atoms with Crippen LogP contribution in [0, 0.1) is 0 Å². The van der Waals surface area contributed by atoms with Crippen molar-refractivity contribution in [2.45, 2.75) is 9.24 Å². The Morgan fingerprint density at radius 1 is 1.42 bits per heavy atom. The Hall–Kier alpha value is -1.25. The third kappa shape index (κ3) is 4.12. The van der Waals surface area contributed by atoms with Gasteiger partial charge in [-0.15, -0.1) is 22.0 Å². The van der Waals surface area contributed by atoms with Gasteiger partial charge in [-0.3, -0.25) is 4.79 Å². The van der Waals surface area contributed by atoms with Crippen LogP contribution < -0.4 is 11.1 Å². The molecule has 0 saturated heterocycles. The quantitative estimate of drug-likeness (QED) is 0.826. The molecule has 0 fully saturated rings. The van der Waals surface area contributed by atoms with Gasteiger partial charge in [-0.2, -0.15) is 0 Å². The van der Waals surface area contributed by atoms with Gasteiger partial charge in [0, 0.05) is 4.90 Å². The van der Waals surface area contributed by atoms with Gasteiger partial charge in [0.15, 0.2) is 4.34 Å². The molecule has 100 valence electrons. The van der Waals surface area contributed by atoms with Crippen molar-refractivity contribution in [3.05, 3.63) is 24.3 Å². The van der Waals surface area contributed by atoms with Crippen LogP contribution in [0.25, 0.3) is 0 Å². The van der Waals surface area contributed by atoms with Crippen molar-refractivity contribution >= 4 is 51.6 Å². The highest BCUT2D eigenvalue weighted by Gasteiger charge is 2.08. The molecule has 2 rings (SSSR count). The summed E-state index contributed by atoms with van der Waals surface area (Å²) in [6.45, 7) is 0. The van der Waals surface area contributed by atoms with E-state index in [9.17, 15) is 4.79 Å². The van der Waals surface area contributed by atoms with E-state index in [1.807, 2.05) is 30.5 Å². The summed E-state index contributed by atoms with van der Waals surface area (Å²) in [5, 5.41) is 10.8. The fourth-order valence-corrected chi connectivity index (χ4v) is 3.33. The molecule has 8 heteroatoms. The maximum absolute atomic E-state index is 11.8. The monoisotopic (exact) mass is 312 g/mol. The van der Waals surface area contributed by atoms with Gasteiger partial charge in [0.25, 0.3) is 0 Å². The highest BCUT2D eigenvalue weighted by molar-refractivity contribution is 8.01. The van der Waals surface area contributed by atoms with Gasteiger partial charge >= 0.3 is 0 Å². The van der Waals surface area contributed by atoms with E-state index in [0.717, 1.165) is 10.6 Å². The number of nitrogens with zero attached hydrogens (tertiary/aromatic N) is 2. The fraction of sp³-hybridized carbons (Fsp3) is 0.182. The summed E-state index contributed by atoms with van der Waals surface area (Å²) in [5.41, 5.74) is 6.31. The maximum atomic E-state index is 11.8. The predicted octanol–water partition coefficient (Wildman–Crippen LogP) is 2.57. The zero-order valence-electron chi connectivity index (χ0n) is 10.1. The van der Waals surface area contributed by atoms with E-state index in [1.165, 1.54) is 23.1 Å². The number of para-hydroxylation sites is 1. The fourth-order valence-electron chi connectivity index (χ4n) is 1.34. The molecule has 1 aromatic heterocycles. The number of carbonyl (C=O) groups excluding carboxylic acids is 1. The van der Waals surface area contributed by atoms with Crippen LogP contribution in [-0.2, 0) is 4.79 Å². The van der Waals surface area contributed by atoms with Crippen LogP contribution in [0.3, 0.4) is 0 Å². The van der Waals surface area contributed by atoms with Gasteiger partial charge in [0.05, 0.1) is 11.4 Å². The summed E-state index contributed by atoms with van der Waals surface area (Å²) in [5.74, 6) is 0.220. The van der Waals surface area contributed by atoms with E-state index in [0.29, 0.717) is 9.47 Å². The molecule has 1 aromatic carbocycles. The van der Waals surface area contributed by atoms with E-state index >= 15 is 0 Å². The van der Waals surface area contributed by atoms with E-state index in [1.54, 1.807) is 11.8 Å². The maximum Gasteiger partial charge on any atom is 0.234 e. The highest BCUT2D eigenvalue weighted by atomic mass is 32.2. The summed E-state index contributed by atoms with van der Waals surface area (Å²) < 4.78 is 0.700. The lowest BCUT2D eigenvalue weighted by Crippen LogP contribution is -2.14. The van der Waals surface area contributed by atoms with Crippen LogP contribution in [0.15, 0.2) is 33.5 Å². The van der Waals surface area contributed by atoms with Crippen LogP contribution in [0.1, 0.15) is 0 Å². The van der Waals surface area contributed by atoms with Gasteiger partial charge < -0.3 is 11.1 Å². The number of thioether (sulfide) groups is 2. The Bertz CT molecular complexity index is 573. The summed E-state index contributed by atoms with van der Waals surface area (Å²) in [6.07, 6.45) is 1.98. The lowest BCUT2D eigenvalue weighted by Gasteiger charge is -2.08. The van der Waals surface area contributed by atoms with Crippen LogP contribution in [0.5, 0.6) is 0 Å². The van der Waals surface area contributed by atoms with Crippen LogP contribution in [0.2, 0.25) is 0 Å². The zero-order valence-corrected chi connectivity index (χ0v) is 12.6. The van der Waals surface area contributed by atoms with Gasteiger partial charge in [-0.25, -0.2) is 0 Å². The average Bonchev–Trinajstić information content (AvgIpc) is 2.83. The average molecular weight is 312 g/mol. The second kappa shape index (κ2) is 6.78. The van der Waals surface area contributed by atoms with Crippen molar-refractivity contribution in [1.82, 2.24) is 10.2 Å². The topological polar surface area (TPSA) is 80.9 Å². The summed E-state index contributed by atoms with van der Waals surface area (Å²) in [6, 6.07) is 7.70. The van der Waals surface area contributed by atoms with Crippen LogP contribution >= 0.6 is 34.9 Å². The van der Waals surface area contributed by atoms with E-state index in [4.69, 9.17) is 5.73 Å². The molecule has 0 aliphatic carbocycles. The third-order valence-corrected chi connectivity index (χ3v) is 4.81. The molecule has 0 atom stereocenters. The molecule has 1 amide bonds. The predicted molar refractivity (Wildman–Crippen MR) is 81.9 cm³/mol. The first kappa shape index (κ1) is 14.2. The largest absolute Gasteiger partial charge is 0.374 e. The molecule has 5 nitrogen and oxygen atoms in total. The molecule has 1 heterocycles. The molecule has 0 radical (unpaired) electrons. The van der Waals surface area contributed by atoms with Crippen molar-refractivity contribution < 1.29 is 4.79 Å². The third-order valence-electron chi connectivity index (χ3n) is 2.13. The molecule has 0 aliphatic rings. The molecular weight excluding hydrogens is 300 g/mol. The van der Waals surface area contributed by atoms with Crippen molar-refractivity contribution in [2.24, 2.45) is 0 Å². The summed E-state index contributed by atoms with van der Waals surface area (Å²) in [7, 11) is 0. The number of benzene rings is 1. The van der Waals surface area contributed by atoms with Crippen LogP contribution in [0.4, 0.5) is 10.8 Å². The normalized spacial score (nSPS) is 10.4. The smallest absolute Gasteiger partial charge is 0.234 e. The van der Waals surface area contributed by atoms with Crippen molar-refractivity contribution in [2.75, 3.05) is 23.1 Å². The lowest BCUT2D eigenvalue weighted by molar-refractivity contribution is -0.113. The number of rotatable bonds is 5. The number of hydrogen-bond donors (Lipinski definition) is 2. The second-order valence-electron chi connectivity index (χ2n) is 3.44. The number of aromatic nitrogens is 2. The first-order valence-corrected chi connectivity index (χ1v) is 8.36. The van der Waals surface area contributed by atoms with Gasteiger partial charge in [0.1, 0.15) is 0 Å². The molecule has 19 heavy (non-hydrogen) atoms. The first-order chi connectivity index (χ1) is 9.19. The molecule has 3 N–H and O–H groups in total. The van der Waals surface area contributed by atoms with E-state index < -0.39 is 0 Å². The van der Waals surface area contributed by atoms with Crippen molar-refractivity contribution in [3.8, 4) is 0 Å². The zero-order chi connectivity index (χ0) is 13.7. The number of hydrogen-bond acceptors (Lipinski definition) is 7. The molecule has 2 aromatic rings. The van der Waals surface area contributed by atoms with Crippen molar-refractivity contribution in [1.29, 1.82) is 0 Å².